The SMILES string of the molecule is C[C@H](N)c1cc(Cl)ccc1OCc1nnc2n1CCCC2. The largest absolute Gasteiger partial charge is 0.485 e. The lowest BCUT2D eigenvalue weighted by atomic mass is 10.1. The maximum absolute atomic E-state index is 6.02. The van der Waals surface area contributed by atoms with Crippen LogP contribution in [0.15, 0.2) is 18.2 Å². The van der Waals surface area contributed by atoms with Gasteiger partial charge in [-0.25, -0.2) is 0 Å². The van der Waals surface area contributed by atoms with E-state index in [1.54, 1.807) is 0 Å². The summed E-state index contributed by atoms with van der Waals surface area (Å²) in [5.41, 5.74) is 6.87. The van der Waals surface area contributed by atoms with Crippen LogP contribution >= 0.6 is 11.6 Å². The predicted molar refractivity (Wildman–Crippen MR) is 81.3 cm³/mol. The van der Waals surface area contributed by atoms with Crippen LogP contribution in [0.2, 0.25) is 5.02 Å². The maximum atomic E-state index is 6.02. The minimum Gasteiger partial charge on any atom is -0.485 e. The van der Waals surface area contributed by atoms with Gasteiger partial charge in [0.2, 0.25) is 0 Å². The van der Waals surface area contributed by atoms with Gasteiger partial charge in [0, 0.05) is 29.6 Å². The molecule has 0 spiro atoms. The first-order valence-electron chi connectivity index (χ1n) is 7.24. The highest BCUT2D eigenvalue weighted by molar-refractivity contribution is 6.30. The number of benzene rings is 1. The smallest absolute Gasteiger partial charge is 0.171 e. The number of halogens is 1. The number of aromatic nitrogens is 3. The van der Waals surface area contributed by atoms with E-state index >= 15 is 0 Å². The first-order chi connectivity index (χ1) is 10.1. The molecule has 3 rings (SSSR count). The van der Waals surface area contributed by atoms with E-state index in [4.69, 9.17) is 22.1 Å². The van der Waals surface area contributed by atoms with Crippen molar-refractivity contribution in [3.63, 3.8) is 0 Å². The van der Waals surface area contributed by atoms with Crippen LogP contribution in [-0.4, -0.2) is 14.8 Å². The molecule has 2 aromatic rings. The van der Waals surface area contributed by atoms with Crippen LogP contribution in [0.3, 0.4) is 0 Å². The average molecular weight is 307 g/mol. The van der Waals surface area contributed by atoms with E-state index < -0.39 is 0 Å². The van der Waals surface area contributed by atoms with Gasteiger partial charge in [-0.15, -0.1) is 10.2 Å². The van der Waals surface area contributed by atoms with Crippen molar-refractivity contribution in [1.82, 2.24) is 14.8 Å². The standard InChI is InChI=1S/C15H19ClN4O/c1-10(17)12-8-11(16)5-6-13(12)21-9-15-19-18-14-4-2-3-7-20(14)15/h5-6,8,10H,2-4,7,9,17H2,1H3/t10-/m0/s1. The lowest BCUT2D eigenvalue weighted by Gasteiger charge is -2.17. The van der Waals surface area contributed by atoms with Crippen molar-refractivity contribution < 1.29 is 4.74 Å². The molecule has 0 unspecified atom stereocenters. The van der Waals surface area contributed by atoms with Gasteiger partial charge in [-0.05, 0) is 38.0 Å². The Labute approximate surface area is 129 Å². The second kappa shape index (κ2) is 6.03. The fourth-order valence-corrected chi connectivity index (χ4v) is 2.80. The molecule has 6 heteroatoms. The number of ether oxygens (including phenoxy) is 1. The average Bonchev–Trinajstić information content (AvgIpc) is 2.89. The van der Waals surface area contributed by atoms with Gasteiger partial charge in [-0.1, -0.05) is 11.6 Å². The van der Waals surface area contributed by atoms with E-state index in [0.29, 0.717) is 11.6 Å². The van der Waals surface area contributed by atoms with Crippen LogP contribution in [0.5, 0.6) is 5.75 Å². The zero-order valence-corrected chi connectivity index (χ0v) is 12.8. The summed E-state index contributed by atoms with van der Waals surface area (Å²) in [6.07, 6.45) is 3.36. The molecule has 2 heterocycles. The summed E-state index contributed by atoms with van der Waals surface area (Å²) in [5.74, 6) is 2.68. The summed E-state index contributed by atoms with van der Waals surface area (Å²) < 4.78 is 8.06. The number of hydrogen-bond acceptors (Lipinski definition) is 4. The zero-order chi connectivity index (χ0) is 14.8. The molecule has 0 saturated heterocycles. The molecule has 0 saturated carbocycles. The fourth-order valence-electron chi connectivity index (χ4n) is 2.62. The number of aryl methyl sites for hydroxylation is 1. The summed E-state index contributed by atoms with van der Waals surface area (Å²) in [6.45, 7) is 3.29. The Morgan fingerprint density at radius 1 is 1.38 bits per heavy atom. The molecule has 0 amide bonds. The summed E-state index contributed by atoms with van der Waals surface area (Å²) in [6, 6.07) is 5.38. The second-order valence-corrected chi connectivity index (χ2v) is 5.84. The summed E-state index contributed by atoms with van der Waals surface area (Å²) in [4.78, 5) is 0. The molecule has 0 bridgehead atoms. The van der Waals surface area contributed by atoms with Crippen molar-refractivity contribution in [3.05, 3.63) is 40.4 Å². The second-order valence-electron chi connectivity index (χ2n) is 5.40. The Morgan fingerprint density at radius 2 is 2.24 bits per heavy atom. The van der Waals surface area contributed by atoms with Crippen LogP contribution < -0.4 is 10.5 Å². The third-order valence-electron chi connectivity index (χ3n) is 3.76. The van der Waals surface area contributed by atoms with Crippen LogP contribution in [0.4, 0.5) is 0 Å². The van der Waals surface area contributed by atoms with E-state index in [1.165, 1.54) is 12.8 Å². The quantitative estimate of drug-likeness (QED) is 0.943. The molecule has 21 heavy (non-hydrogen) atoms. The first-order valence-corrected chi connectivity index (χ1v) is 7.61. The molecule has 0 radical (unpaired) electrons. The Kier molecular flexibility index (Phi) is 4.12. The number of nitrogens with zero attached hydrogens (tertiary/aromatic N) is 3. The van der Waals surface area contributed by atoms with Gasteiger partial charge in [0.15, 0.2) is 5.82 Å². The molecular formula is C15H19ClN4O. The minimum absolute atomic E-state index is 0.133. The number of nitrogens with two attached hydrogens (primary N) is 1. The Hall–Kier alpha value is -1.59. The van der Waals surface area contributed by atoms with Gasteiger partial charge in [0.25, 0.3) is 0 Å². The molecule has 112 valence electrons. The van der Waals surface area contributed by atoms with E-state index in [1.807, 2.05) is 25.1 Å². The highest BCUT2D eigenvalue weighted by Crippen LogP contribution is 2.28. The van der Waals surface area contributed by atoms with Crippen LogP contribution in [0.25, 0.3) is 0 Å². The van der Waals surface area contributed by atoms with Gasteiger partial charge in [0.1, 0.15) is 18.2 Å². The fraction of sp³-hybridized carbons (Fsp3) is 0.467. The Balaban J connectivity index is 1.77. The molecular weight excluding hydrogens is 288 g/mol. The Bertz CT molecular complexity index is 639. The van der Waals surface area contributed by atoms with Crippen molar-refractivity contribution in [2.45, 2.75) is 45.4 Å². The van der Waals surface area contributed by atoms with Crippen molar-refractivity contribution in [3.8, 4) is 5.75 Å². The van der Waals surface area contributed by atoms with E-state index in [2.05, 4.69) is 14.8 Å². The van der Waals surface area contributed by atoms with Crippen molar-refractivity contribution in [2.24, 2.45) is 5.73 Å². The van der Waals surface area contributed by atoms with Crippen LogP contribution in [0, 0.1) is 0 Å². The predicted octanol–water partition coefficient (Wildman–Crippen LogP) is 2.87. The molecule has 2 N–H and O–H groups in total. The first kappa shape index (κ1) is 14.4. The minimum atomic E-state index is -0.133. The van der Waals surface area contributed by atoms with Crippen molar-refractivity contribution in [1.29, 1.82) is 0 Å². The van der Waals surface area contributed by atoms with Gasteiger partial charge in [-0.2, -0.15) is 0 Å². The molecule has 0 aliphatic carbocycles. The van der Waals surface area contributed by atoms with Crippen molar-refractivity contribution in [2.75, 3.05) is 0 Å². The number of fused-ring (bicyclic) bond motifs is 1. The normalized spacial score (nSPS) is 15.6. The van der Waals surface area contributed by atoms with Gasteiger partial charge >= 0.3 is 0 Å². The van der Waals surface area contributed by atoms with E-state index in [9.17, 15) is 0 Å². The van der Waals surface area contributed by atoms with Crippen LogP contribution in [0.1, 0.15) is 43.0 Å². The maximum Gasteiger partial charge on any atom is 0.171 e. The molecule has 1 aromatic carbocycles. The number of hydrogen-bond donors (Lipinski definition) is 1. The third-order valence-corrected chi connectivity index (χ3v) is 3.99. The highest BCUT2D eigenvalue weighted by atomic mass is 35.5. The molecule has 0 fully saturated rings. The van der Waals surface area contributed by atoms with Crippen molar-refractivity contribution >= 4 is 11.6 Å². The van der Waals surface area contributed by atoms with Crippen LogP contribution in [-0.2, 0) is 19.6 Å². The van der Waals surface area contributed by atoms with E-state index in [-0.39, 0.29) is 6.04 Å². The Morgan fingerprint density at radius 3 is 3.05 bits per heavy atom. The number of rotatable bonds is 4. The molecule has 1 aromatic heterocycles. The van der Waals surface area contributed by atoms with Gasteiger partial charge in [-0.3, -0.25) is 0 Å². The third kappa shape index (κ3) is 3.04. The van der Waals surface area contributed by atoms with E-state index in [0.717, 1.165) is 35.9 Å². The summed E-state index contributed by atoms with van der Waals surface area (Å²) >= 11 is 6.02. The monoisotopic (exact) mass is 306 g/mol. The molecule has 1 aliphatic rings. The summed E-state index contributed by atoms with van der Waals surface area (Å²) in [7, 11) is 0. The molecule has 5 nitrogen and oxygen atoms in total. The zero-order valence-electron chi connectivity index (χ0n) is 12.1. The lowest BCUT2D eigenvalue weighted by Crippen LogP contribution is -2.15. The lowest BCUT2D eigenvalue weighted by molar-refractivity contribution is 0.282. The van der Waals surface area contributed by atoms with Gasteiger partial charge in [0.05, 0.1) is 0 Å². The van der Waals surface area contributed by atoms with Gasteiger partial charge < -0.3 is 15.0 Å². The molecule has 1 atom stereocenters. The summed E-state index contributed by atoms with van der Waals surface area (Å²) in [5, 5.41) is 9.12. The topological polar surface area (TPSA) is 66.0 Å². The molecule has 1 aliphatic heterocycles. The highest BCUT2D eigenvalue weighted by Gasteiger charge is 2.17.